The van der Waals surface area contributed by atoms with E-state index in [0.717, 1.165) is 25.7 Å². The summed E-state index contributed by atoms with van der Waals surface area (Å²) in [5, 5.41) is 27.4. The largest absolute Gasteiger partial charge is 0.481 e. The van der Waals surface area contributed by atoms with E-state index in [9.17, 15) is 19.5 Å². The Balaban J connectivity index is 3.96. The lowest BCUT2D eigenvalue weighted by atomic mass is 10.0. The van der Waals surface area contributed by atoms with Crippen molar-refractivity contribution in [3.05, 3.63) is 0 Å². The van der Waals surface area contributed by atoms with E-state index in [1.165, 1.54) is 0 Å². The van der Waals surface area contributed by atoms with Gasteiger partial charge in [0.25, 0.3) is 0 Å². The molecule has 0 amide bonds. The van der Waals surface area contributed by atoms with E-state index in [2.05, 4.69) is 0 Å². The van der Waals surface area contributed by atoms with Crippen LogP contribution in [0.2, 0.25) is 0 Å². The fourth-order valence-corrected chi connectivity index (χ4v) is 2.81. The maximum atomic E-state index is 11.9. The smallest absolute Gasteiger partial charge is 0.307 e. The normalized spacial score (nSPS) is 13.8. The Hall–Kier alpha value is -1.67. The molecule has 3 N–H and O–H groups in total. The molecule has 2 unspecified atom stereocenters. The predicted octanol–water partition coefficient (Wildman–Crippen LogP) is 2.04. The monoisotopic (exact) mass is 390 g/mol. The van der Waals surface area contributed by atoms with Crippen LogP contribution in [0.4, 0.5) is 0 Å². The van der Waals surface area contributed by atoms with E-state index >= 15 is 0 Å². The maximum Gasteiger partial charge on any atom is 0.307 e. The zero-order chi connectivity index (χ0) is 20.9. The van der Waals surface area contributed by atoms with E-state index in [-0.39, 0.29) is 19.3 Å². The van der Waals surface area contributed by atoms with Gasteiger partial charge in [-0.05, 0) is 19.3 Å². The van der Waals surface area contributed by atoms with Crippen LogP contribution in [0.5, 0.6) is 0 Å². The average molecular weight is 390 g/mol. The van der Waals surface area contributed by atoms with Crippen molar-refractivity contribution in [2.24, 2.45) is 0 Å². The Bertz CT molecular complexity index is 459. The van der Waals surface area contributed by atoms with Gasteiger partial charge < -0.3 is 24.5 Å². The lowest BCUT2D eigenvalue weighted by molar-refractivity contribution is -0.873. The topological polar surface area (TPSA) is 121 Å². The predicted molar refractivity (Wildman–Crippen MR) is 100 cm³/mol. The van der Waals surface area contributed by atoms with Gasteiger partial charge in [-0.15, -0.1) is 0 Å². The fraction of sp³-hybridized carbons (Fsp3) is 0.842. The highest BCUT2D eigenvalue weighted by molar-refractivity contribution is 5.71. The zero-order valence-electron chi connectivity index (χ0n) is 16.9. The van der Waals surface area contributed by atoms with Crippen molar-refractivity contribution in [1.82, 2.24) is 0 Å². The second-order valence-corrected chi connectivity index (χ2v) is 8.08. The summed E-state index contributed by atoms with van der Waals surface area (Å²) in [6.07, 6.45) is 3.86. The van der Waals surface area contributed by atoms with Gasteiger partial charge in [-0.25, -0.2) is 0 Å². The van der Waals surface area contributed by atoms with E-state index in [4.69, 9.17) is 14.9 Å². The number of quaternary nitrogens is 1. The highest BCUT2D eigenvalue weighted by Gasteiger charge is 2.24. The zero-order valence-corrected chi connectivity index (χ0v) is 16.9. The minimum absolute atomic E-state index is 0.0625. The minimum Gasteiger partial charge on any atom is -0.481 e. The second kappa shape index (κ2) is 13.5. The number of unbranched alkanes of at least 4 members (excludes halogenated alkanes) is 4. The van der Waals surface area contributed by atoms with Crippen LogP contribution in [-0.4, -0.2) is 77.6 Å². The summed E-state index contributed by atoms with van der Waals surface area (Å²) in [4.78, 5) is 33.3. The number of aliphatic hydroxyl groups excluding tert-OH is 1. The summed E-state index contributed by atoms with van der Waals surface area (Å²) in [5.74, 6) is -2.27. The summed E-state index contributed by atoms with van der Waals surface area (Å²) in [6.45, 7) is 0.405. The summed E-state index contributed by atoms with van der Waals surface area (Å²) in [5.41, 5.74) is 0. The lowest BCUT2D eigenvalue weighted by Crippen LogP contribution is -2.43. The molecule has 27 heavy (non-hydrogen) atoms. The molecule has 0 spiro atoms. The molecule has 0 saturated carbocycles. The molecule has 158 valence electrons. The first-order chi connectivity index (χ1) is 12.5. The fourth-order valence-electron chi connectivity index (χ4n) is 2.81. The third-order valence-electron chi connectivity index (χ3n) is 4.06. The number of hydrogen-bond acceptors (Lipinski definition) is 5. The molecule has 0 saturated heterocycles. The number of carbonyl (C=O) groups excluding carboxylic acids is 1. The average Bonchev–Trinajstić information content (AvgIpc) is 2.49. The van der Waals surface area contributed by atoms with Crippen molar-refractivity contribution < 1.29 is 38.9 Å². The lowest BCUT2D eigenvalue weighted by Gasteiger charge is -2.28. The van der Waals surface area contributed by atoms with E-state index < -0.39 is 30.1 Å². The molecule has 8 heteroatoms. The number of esters is 1. The third-order valence-corrected chi connectivity index (χ3v) is 4.06. The van der Waals surface area contributed by atoms with Gasteiger partial charge in [0.05, 0.1) is 33.7 Å². The van der Waals surface area contributed by atoms with Gasteiger partial charge in [0.15, 0.2) is 6.10 Å². The van der Waals surface area contributed by atoms with Crippen LogP contribution in [0, 0.1) is 0 Å². The molecule has 0 fully saturated rings. The van der Waals surface area contributed by atoms with Gasteiger partial charge in [-0.1, -0.05) is 25.7 Å². The Kier molecular flexibility index (Phi) is 12.7. The second-order valence-electron chi connectivity index (χ2n) is 8.08. The van der Waals surface area contributed by atoms with Gasteiger partial charge in [0, 0.05) is 12.8 Å². The van der Waals surface area contributed by atoms with Crippen LogP contribution in [-0.2, 0) is 19.1 Å². The summed E-state index contributed by atoms with van der Waals surface area (Å²) >= 11 is 0. The minimum atomic E-state index is -1.01. The Labute approximate surface area is 161 Å². The highest BCUT2D eigenvalue weighted by atomic mass is 16.5. The number of carbonyl (C=O) groups is 3. The first kappa shape index (κ1) is 25.3. The Morgan fingerprint density at radius 2 is 1.44 bits per heavy atom. The summed E-state index contributed by atoms with van der Waals surface area (Å²) in [6, 6.07) is 0. The van der Waals surface area contributed by atoms with Gasteiger partial charge in [-0.3, -0.25) is 14.4 Å². The van der Waals surface area contributed by atoms with Crippen molar-refractivity contribution in [2.45, 2.75) is 76.4 Å². The standard InChI is InChI=1S/C19H35NO7/c1-20(2,3)14-16(13-18(24)25)27-19(26)12-11-15(21)9-7-5-4-6-8-10-17(22)23/h15-16,21H,4-14H2,1-3H3,(H-,22,23,24,25)/p+1. The Morgan fingerprint density at radius 3 is 2.00 bits per heavy atom. The first-order valence-electron chi connectivity index (χ1n) is 9.61. The van der Waals surface area contributed by atoms with Gasteiger partial charge in [0.2, 0.25) is 0 Å². The van der Waals surface area contributed by atoms with Crippen LogP contribution >= 0.6 is 0 Å². The van der Waals surface area contributed by atoms with Crippen LogP contribution in [0.3, 0.4) is 0 Å². The summed E-state index contributed by atoms with van der Waals surface area (Å²) in [7, 11) is 5.69. The SMILES string of the molecule is C[N+](C)(C)CC(CC(=O)O)OC(=O)CCC(O)CCCCCCCC(=O)O. The molecule has 0 radical (unpaired) electrons. The molecule has 2 atom stereocenters. The molecule has 0 aromatic heterocycles. The van der Waals surface area contributed by atoms with Crippen LogP contribution in [0.1, 0.15) is 64.2 Å². The van der Waals surface area contributed by atoms with E-state index in [1.54, 1.807) is 0 Å². The number of ether oxygens (including phenoxy) is 1. The number of carboxylic acids is 2. The number of likely N-dealkylation sites (N-methyl/N-ethyl adjacent to an activating group) is 1. The number of carboxylic acid groups (broad SMARTS) is 2. The molecule has 0 aliphatic heterocycles. The van der Waals surface area contributed by atoms with Crippen molar-refractivity contribution in [2.75, 3.05) is 27.7 Å². The van der Waals surface area contributed by atoms with Crippen molar-refractivity contribution in [1.29, 1.82) is 0 Å². The molecule has 0 heterocycles. The Morgan fingerprint density at radius 1 is 0.852 bits per heavy atom. The van der Waals surface area contributed by atoms with E-state index in [0.29, 0.717) is 30.3 Å². The number of aliphatic carboxylic acids is 2. The quantitative estimate of drug-likeness (QED) is 0.209. The maximum absolute atomic E-state index is 11.9. The van der Waals surface area contributed by atoms with Gasteiger partial charge in [-0.2, -0.15) is 0 Å². The van der Waals surface area contributed by atoms with Crippen LogP contribution < -0.4 is 0 Å². The molecule has 0 aliphatic rings. The highest BCUT2D eigenvalue weighted by Crippen LogP contribution is 2.13. The van der Waals surface area contributed by atoms with Crippen LogP contribution in [0.15, 0.2) is 0 Å². The molecule has 0 bridgehead atoms. The number of hydrogen-bond donors (Lipinski definition) is 3. The van der Waals surface area contributed by atoms with Crippen molar-refractivity contribution in [3.63, 3.8) is 0 Å². The first-order valence-corrected chi connectivity index (χ1v) is 9.61. The van der Waals surface area contributed by atoms with Crippen molar-refractivity contribution >= 4 is 17.9 Å². The molecule has 0 rings (SSSR count). The molecular weight excluding hydrogens is 354 g/mol. The number of aliphatic hydroxyl groups is 1. The molecular formula is C19H36NO7+. The van der Waals surface area contributed by atoms with Gasteiger partial charge in [0.1, 0.15) is 6.54 Å². The third kappa shape index (κ3) is 17.5. The molecule has 8 nitrogen and oxygen atoms in total. The summed E-state index contributed by atoms with van der Waals surface area (Å²) < 4.78 is 5.77. The number of nitrogens with zero attached hydrogens (tertiary/aromatic N) is 1. The molecule has 0 aromatic carbocycles. The molecule has 0 aromatic rings. The van der Waals surface area contributed by atoms with E-state index in [1.807, 2.05) is 21.1 Å². The van der Waals surface area contributed by atoms with Crippen LogP contribution in [0.25, 0.3) is 0 Å². The molecule has 0 aliphatic carbocycles. The van der Waals surface area contributed by atoms with Crippen molar-refractivity contribution in [3.8, 4) is 0 Å². The number of rotatable bonds is 16. The van der Waals surface area contributed by atoms with Gasteiger partial charge >= 0.3 is 17.9 Å².